The highest BCUT2D eigenvalue weighted by atomic mass is 35.5. The summed E-state index contributed by atoms with van der Waals surface area (Å²) in [6.07, 6.45) is 1.55. The molecular formula is C16H14ClN3O2. The molecule has 112 valence electrons. The highest BCUT2D eigenvalue weighted by Crippen LogP contribution is 2.24. The Morgan fingerprint density at radius 3 is 2.86 bits per heavy atom. The molecule has 22 heavy (non-hydrogen) atoms. The zero-order chi connectivity index (χ0) is 15.5. The van der Waals surface area contributed by atoms with Crippen LogP contribution in [0.2, 0.25) is 5.02 Å². The minimum absolute atomic E-state index is 0.224. The van der Waals surface area contributed by atoms with E-state index in [-0.39, 0.29) is 5.91 Å². The van der Waals surface area contributed by atoms with E-state index in [1.807, 2.05) is 18.2 Å². The van der Waals surface area contributed by atoms with E-state index in [9.17, 15) is 4.79 Å². The van der Waals surface area contributed by atoms with Crippen LogP contribution >= 0.6 is 11.6 Å². The fraction of sp³-hybridized carbons (Fsp3) is 0.125. The third-order valence-electron chi connectivity index (χ3n) is 3.33. The Morgan fingerprint density at radius 1 is 1.32 bits per heavy atom. The third kappa shape index (κ3) is 2.76. The Kier molecular flexibility index (Phi) is 3.98. The first-order valence-electron chi connectivity index (χ1n) is 6.77. The van der Waals surface area contributed by atoms with Gasteiger partial charge in [-0.3, -0.25) is 9.89 Å². The number of benzene rings is 1. The first-order valence-corrected chi connectivity index (χ1v) is 7.15. The Labute approximate surface area is 132 Å². The molecule has 6 heteroatoms. The normalized spacial score (nSPS) is 10.6. The lowest BCUT2D eigenvalue weighted by atomic mass is 10.1. The van der Waals surface area contributed by atoms with Gasteiger partial charge in [-0.2, -0.15) is 5.10 Å². The Balaban J connectivity index is 1.81. The summed E-state index contributed by atoms with van der Waals surface area (Å²) in [5.74, 6) is 0.324. The quantitative estimate of drug-likeness (QED) is 0.773. The van der Waals surface area contributed by atoms with E-state index in [1.165, 1.54) is 0 Å². The van der Waals surface area contributed by atoms with Crippen molar-refractivity contribution in [2.24, 2.45) is 0 Å². The van der Waals surface area contributed by atoms with Crippen LogP contribution in [0, 0.1) is 6.92 Å². The van der Waals surface area contributed by atoms with Crippen molar-refractivity contribution in [2.75, 3.05) is 0 Å². The molecule has 0 bridgehead atoms. The van der Waals surface area contributed by atoms with Crippen LogP contribution in [-0.2, 0) is 6.54 Å². The number of hydrogen-bond donors (Lipinski definition) is 2. The lowest BCUT2D eigenvalue weighted by molar-refractivity contribution is 0.0951. The minimum Gasteiger partial charge on any atom is -0.463 e. The number of H-pyrrole nitrogens is 1. The van der Waals surface area contributed by atoms with Crippen LogP contribution in [0.3, 0.4) is 0 Å². The van der Waals surface area contributed by atoms with Crippen LogP contribution < -0.4 is 5.32 Å². The number of amides is 1. The molecule has 0 fully saturated rings. The van der Waals surface area contributed by atoms with Gasteiger partial charge in [-0.25, -0.2) is 0 Å². The van der Waals surface area contributed by atoms with Gasteiger partial charge in [-0.1, -0.05) is 29.8 Å². The summed E-state index contributed by atoms with van der Waals surface area (Å²) < 4.78 is 5.32. The number of aryl methyl sites for hydroxylation is 1. The zero-order valence-corrected chi connectivity index (χ0v) is 12.6. The van der Waals surface area contributed by atoms with Crippen molar-refractivity contribution in [1.29, 1.82) is 0 Å². The van der Waals surface area contributed by atoms with Crippen LogP contribution in [0.1, 0.15) is 21.6 Å². The number of carbonyl (C=O) groups is 1. The molecule has 0 aliphatic rings. The van der Waals surface area contributed by atoms with E-state index >= 15 is 0 Å². The lowest BCUT2D eigenvalue weighted by Gasteiger charge is -2.07. The summed E-state index contributed by atoms with van der Waals surface area (Å²) in [5.41, 5.74) is 2.52. The molecule has 2 N–H and O–H groups in total. The molecule has 0 aliphatic heterocycles. The van der Waals surface area contributed by atoms with Gasteiger partial charge in [0.25, 0.3) is 5.91 Å². The van der Waals surface area contributed by atoms with Gasteiger partial charge in [0.1, 0.15) is 5.69 Å². The summed E-state index contributed by atoms with van der Waals surface area (Å²) in [7, 11) is 0. The average molecular weight is 316 g/mol. The summed E-state index contributed by atoms with van der Waals surface area (Å²) in [6.45, 7) is 2.14. The standard InChI is InChI=1S/C16H14ClN3O2/c1-10-14(15(20-19-10)13-7-4-8-22-13)16(21)18-9-11-5-2-3-6-12(11)17/h2-8H,9H2,1H3,(H,18,21)(H,19,20). The van der Waals surface area contributed by atoms with Crippen LogP contribution in [0.4, 0.5) is 0 Å². The number of rotatable bonds is 4. The molecule has 0 atom stereocenters. The molecular weight excluding hydrogens is 302 g/mol. The highest BCUT2D eigenvalue weighted by Gasteiger charge is 2.20. The van der Waals surface area contributed by atoms with Gasteiger partial charge in [-0.15, -0.1) is 0 Å². The second-order valence-electron chi connectivity index (χ2n) is 4.82. The van der Waals surface area contributed by atoms with Crippen molar-refractivity contribution >= 4 is 17.5 Å². The summed E-state index contributed by atoms with van der Waals surface area (Å²) >= 11 is 6.09. The number of furan rings is 1. The fourth-order valence-electron chi connectivity index (χ4n) is 2.20. The molecule has 0 spiro atoms. The first-order chi connectivity index (χ1) is 10.7. The number of hydrogen-bond acceptors (Lipinski definition) is 3. The van der Waals surface area contributed by atoms with Crippen LogP contribution in [0.25, 0.3) is 11.5 Å². The van der Waals surface area contributed by atoms with Gasteiger partial charge < -0.3 is 9.73 Å². The maximum absolute atomic E-state index is 12.5. The van der Waals surface area contributed by atoms with Gasteiger partial charge in [-0.05, 0) is 30.7 Å². The van der Waals surface area contributed by atoms with Crippen LogP contribution in [0.5, 0.6) is 0 Å². The molecule has 0 unspecified atom stereocenters. The van der Waals surface area contributed by atoms with Crippen LogP contribution in [0.15, 0.2) is 47.1 Å². The summed E-state index contributed by atoms with van der Waals surface area (Å²) in [6, 6.07) is 10.9. The van der Waals surface area contributed by atoms with Crippen molar-refractivity contribution in [3.8, 4) is 11.5 Å². The highest BCUT2D eigenvalue weighted by molar-refractivity contribution is 6.31. The molecule has 0 aliphatic carbocycles. The molecule has 5 nitrogen and oxygen atoms in total. The zero-order valence-electron chi connectivity index (χ0n) is 11.9. The Morgan fingerprint density at radius 2 is 2.14 bits per heavy atom. The molecule has 2 heterocycles. The predicted molar refractivity (Wildman–Crippen MR) is 83.6 cm³/mol. The Hall–Kier alpha value is -2.53. The van der Waals surface area contributed by atoms with E-state index in [0.29, 0.717) is 34.3 Å². The predicted octanol–water partition coefficient (Wildman–Crippen LogP) is 3.56. The summed E-state index contributed by atoms with van der Waals surface area (Å²) in [5, 5.41) is 10.4. The second kappa shape index (κ2) is 6.07. The van der Waals surface area contributed by atoms with E-state index in [0.717, 1.165) is 5.56 Å². The van der Waals surface area contributed by atoms with E-state index in [1.54, 1.807) is 31.4 Å². The van der Waals surface area contributed by atoms with Crippen molar-refractivity contribution in [1.82, 2.24) is 15.5 Å². The SMILES string of the molecule is Cc1[nH]nc(-c2ccco2)c1C(=O)NCc1ccccc1Cl. The fourth-order valence-corrected chi connectivity index (χ4v) is 2.41. The smallest absolute Gasteiger partial charge is 0.255 e. The minimum atomic E-state index is -0.224. The van der Waals surface area contributed by atoms with Crippen LogP contribution in [-0.4, -0.2) is 16.1 Å². The molecule has 2 aromatic heterocycles. The molecule has 0 radical (unpaired) electrons. The molecule has 3 rings (SSSR count). The number of nitrogens with zero attached hydrogens (tertiary/aromatic N) is 1. The molecule has 0 saturated heterocycles. The number of halogens is 1. The van der Waals surface area contributed by atoms with E-state index in [4.69, 9.17) is 16.0 Å². The van der Waals surface area contributed by atoms with Crippen molar-refractivity contribution in [3.63, 3.8) is 0 Å². The van der Waals surface area contributed by atoms with Gasteiger partial charge >= 0.3 is 0 Å². The Bertz CT molecular complexity index is 794. The third-order valence-corrected chi connectivity index (χ3v) is 3.69. The monoisotopic (exact) mass is 315 g/mol. The number of nitrogens with one attached hydrogen (secondary N) is 2. The van der Waals surface area contributed by atoms with E-state index < -0.39 is 0 Å². The molecule has 0 saturated carbocycles. The van der Waals surface area contributed by atoms with Crippen molar-refractivity contribution in [3.05, 3.63) is 64.5 Å². The number of carbonyl (C=O) groups excluding carboxylic acids is 1. The molecule has 1 aromatic carbocycles. The van der Waals surface area contributed by atoms with Gasteiger partial charge in [0.05, 0.1) is 11.8 Å². The van der Waals surface area contributed by atoms with Gasteiger partial charge in [0.2, 0.25) is 0 Å². The largest absolute Gasteiger partial charge is 0.463 e. The number of aromatic nitrogens is 2. The topological polar surface area (TPSA) is 70.9 Å². The lowest BCUT2D eigenvalue weighted by Crippen LogP contribution is -2.23. The summed E-state index contributed by atoms with van der Waals surface area (Å²) in [4.78, 5) is 12.5. The average Bonchev–Trinajstić information content (AvgIpc) is 3.15. The maximum Gasteiger partial charge on any atom is 0.255 e. The maximum atomic E-state index is 12.5. The van der Waals surface area contributed by atoms with Gasteiger partial charge in [0.15, 0.2) is 5.76 Å². The van der Waals surface area contributed by atoms with Crippen molar-refractivity contribution in [2.45, 2.75) is 13.5 Å². The second-order valence-corrected chi connectivity index (χ2v) is 5.23. The first kappa shape index (κ1) is 14.4. The molecule has 3 aromatic rings. The van der Waals surface area contributed by atoms with Crippen molar-refractivity contribution < 1.29 is 9.21 Å². The van der Waals surface area contributed by atoms with E-state index in [2.05, 4.69) is 15.5 Å². The molecule has 1 amide bonds. The number of aromatic amines is 1. The van der Waals surface area contributed by atoms with Gasteiger partial charge in [0, 0.05) is 17.3 Å².